The van der Waals surface area contributed by atoms with Crippen molar-refractivity contribution in [1.82, 2.24) is 0 Å². The summed E-state index contributed by atoms with van der Waals surface area (Å²) in [4.78, 5) is 37.6. The highest BCUT2D eigenvalue weighted by Crippen LogP contribution is 2.15. The second-order valence-electron chi connectivity index (χ2n) is 17.1. The minimum absolute atomic E-state index is 0.0793. The molecule has 0 saturated heterocycles. The SMILES string of the molecule is CCCC/C=C\C/C=C\CCCCCCCC(=O)OC(COC(=O)CCCCCCC)COC(=O)CCCCCCCCCCCCC/C=C\C/C=C\CCCCCCC. The van der Waals surface area contributed by atoms with Crippen LogP contribution in [0.25, 0.3) is 0 Å². The molecule has 0 N–H and O–H groups in total. The van der Waals surface area contributed by atoms with Crippen molar-refractivity contribution in [3.63, 3.8) is 0 Å². The lowest BCUT2D eigenvalue weighted by Crippen LogP contribution is -2.30. The van der Waals surface area contributed by atoms with Gasteiger partial charge in [0, 0.05) is 19.3 Å². The molecule has 348 valence electrons. The van der Waals surface area contributed by atoms with Gasteiger partial charge in [-0.2, -0.15) is 0 Å². The average Bonchev–Trinajstić information content (AvgIpc) is 3.24. The quantitative estimate of drug-likeness (QED) is 0.0263. The first-order valence-corrected chi connectivity index (χ1v) is 25.6. The van der Waals surface area contributed by atoms with E-state index < -0.39 is 6.10 Å². The molecule has 0 amide bonds. The summed E-state index contributed by atoms with van der Waals surface area (Å²) in [6.07, 6.45) is 58.5. The van der Waals surface area contributed by atoms with Crippen LogP contribution in [0.3, 0.4) is 0 Å². The second-order valence-corrected chi connectivity index (χ2v) is 17.1. The van der Waals surface area contributed by atoms with Gasteiger partial charge < -0.3 is 14.2 Å². The molecule has 0 spiro atoms. The normalized spacial score (nSPS) is 12.4. The zero-order valence-electron chi connectivity index (χ0n) is 39.7. The highest BCUT2D eigenvalue weighted by Gasteiger charge is 2.19. The standard InChI is InChI=1S/C54H96O6/c1-4-7-10-13-15-17-19-21-23-24-25-26-27-28-29-30-31-33-34-36-38-41-44-47-53(56)59-50-51(49-58-52(55)46-43-40-12-9-6-3)60-54(57)48-45-42-39-37-35-32-22-20-18-16-14-11-8-5-2/h14,16,19-22,24-25,51H,4-13,15,17-18,23,26-50H2,1-3H3/b16-14-,21-19-,22-20-,25-24-. The predicted molar refractivity (Wildman–Crippen MR) is 256 cm³/mol. The van der Waals surface area contributed by atoms with Crippen molar-refractivity contribution >= 4 is 17.9 Å². The second kappa shape index (κ2) is 49.0. The van der Waals surface area contributed by atoms with Crippen LogP contribution in [0, 0.1) is 0 Å². The lowest BCUT2D eigenvalue weighted by Gasteiger charge is -2.18. The first-order chi connectivity index (χ1) is 29.5. The Morgan fingerprint density at radius 2 is 0.617 bits per heavy atom. The summed E-state index contributed by atoms with van der Waals surface area (Å²) >= 11 is 0. The van der Waals surface area contributed by atoms with E-state index in [1.807, 2.05) is 0 Å². The predicted octanol–water partition coefficient (Wildman–Crippen LogP) is 16.7. The first-order valence-electron chi connectivity index (χ1n) is 25.6. The molecule has 6 heteroatoms. The maximum atomic E-state index is 12.7. The van der Waals surface area contributed by atoms with Crippen molar-refractivity contribution in [3.8, 4) is 0 Å². The first kappa shape index (κ1) is 57.4. The third-order valence-electron chi connectivity index (χ3n) is 11.1. The van der Waals surface area contributed by atoms with Crippen LogP contribution in [0.2, 0.25) is 0 Å². The molecule has 0 aliphatic carbocycles. The molecule has 0 saturated carbocycles. The molecule has 0 radical (unpaired) electrons. The molecule has 0 aliphatic rings. The summed E-state index contributed by atoms with van der Waals surface area (Å²) in [7, 11) is 0. The molecule has 0 fully saturated rings. The lowest BCUT2D eigenvalue weighted by molar-refractivity contribution is -0.167. The van der Waals surface area contributed by atoms with Gasteiger partial charge >= 0.3 is 17.9 Å². The maximum absolute atomic E-state index is 12.7. The highest BCUT2D eigenvalue weighted by atomic mass is 16.6. The van der Waals surface area contributed by atoms with Crippen LogP contribution in [0.1, 0.15) is 258 Å². The number of rotatable bonds is 46. The molecule has 60 heavy (non-hydrogen) atoms. The molecule has 0 aromatic rings. The van der Waals surface area contributed by atoms with Crippen molar-refractivity contribution in [2.75, 3.05) is 13.2 Å². The Labute approximate surface area is 371 Å². The average molecular weight is 841 g/mol. The molecule has 0 rings (SSSR count). The van der Waals surface area contributed by atoms with Gasteiger partial charge in [-0.3, -0.25) is 14.4 Å². The number of unbranched alkanes of at least 4 members (excludes halogenated alkanes) is 27. The Hall–Kier alpha value is -2.63. The fourth-order valence-corrected chi connectivity index (χ4v) is 7.14. The van der Waals surface area contributed by atoms with Crippen molar-refractivity contribution in [3.05, 3.63) is 48.6 Å². The smallest absolute Gasteiger partial charge is 0.306 e. The number of ether oxygens (including phenoxy) is 3. The van der Waals surface area contributed by atoms with Gasteiger partial charge in [0.05, 0.1) is 0 Å². The number of esters is 3. The summed E-state index contributed by atoms with van der Waals surface area (Å²) in [6.45, 7) is 6.50. The van der Waals surface area contributed by atoms with E-state index in [9.17, 15) is 14.4 Å². The Bertz CT molecular complexity index is 1060. The van der Waals surface area contributed by atoms with Crippen molar-refractivity contribution in [2.24, 2.45) is 0 Å². The van der Waals surface area contributed by atoms with Gasteiger partial charge in [-0.05, 0) is 77.0 Å². The van der Waals surface area contributed by atoms with Gasteiger partial charge in [-0.1, -0.05) is 211 Å². The van der Waals surface area contributed by atoms with Gasteiger partial charge in [0.1, 0.15) is 13.2 Å². The molecule has 0 aromatic heterocycles. The zero-order valence-corrected chi connectivity index (χ0v) is 39.7. The topological polar surface area (TPSA) is 78.9 Å². The van der Waals surface area contributed by atoms with E-state index in [0.29, 0.717) is 19.3 Å². The maximum Gasteiger partial charge on any atom is 0.306 e. The molecule has 6 nitrogen and oxygen atoms in total. The highest BCUT2D eigenvalue weighted by molar-refractivity contribution is 5.71. The van der Waals surface area contributed by atoms with E-state index in [-0.39, 0.29) is 31.1 Å². The van der Waals surface area contributed by atoms with Crippen LogP contribution in [-0.4, -0.2) is 37.2 Å². The fourth-order valence-electron chi connectivity index (χ4n) is 7.14. The molecule has 1 unspecified atom stereocenters. The number of carbonyl (C=O) groups excluding carboxylic acids is 3. The van der Waals surface area contributed by atoms with Crippen molar-refractivity contribution in [1.29, 1.82) is 0 Å². The molecule has 1 atom stereocenters. The lowest BCUT2D eigenvalue weighted by atomic mass is 10.0. The van der Waals surface area contributed by atoms with Crippen LogP contribution in [-0.2, 0) is 28.6 Å². The van der Waals surface area contributed by atoms with Gasteiger partial charge in [0.25, 0.3) is 0 Å². The zero-order chi connectivity index (χ0) is 43.7. The van der Waals surface area contributed by atoms with Crippen molar-refractivity contribution < 1.29 is 28.6 Å². The summed E-state index contributed by atoms with van der Waals surface area (Å²) in [5.41, 5.74) is 0. The minimum atomic E-state index is -0.775. The van der Waals surface area contributed by atoms with Crippen LogP contribution in [0.15, 0.2) is 48.6 Å². The summed E-state index contributed by atoms with van der Waals surface area (Å²) in [5.74, 6) is -0.905. The molecule has 0 bridgehead atoms. The Kier molecular flexibility index (Phi) is 46.9. The van der Waals surface area contributed by atoms with Crippen LogP contribution >= 0.6 is 0 Å². The monoisotopic (exact) mass is 841 g/mol. The van der Waals surface area contributed by atoms with E-state index in [4.69, 9.17) is 14.2 Å². The fraction of sp³-hybridized carbons (Fsp3) is 0.796. The van der Waals surface area contributed by atoms with Gasteiger partial charge in [-0.15, -0.1) is 0 Å². The molecular weight excluding hydrogens is 745 g/mol. The van der Waals surface area contributed by atoms with Gasteiger partial charge in [0.2, 0.25) is 0 Å². The molecular formula is C54H96O6. The third-order valence-corrected chi connectivity index (χ3v) is 11.1. The van der Waals surface area contributed by atoms with E-state index >= 15 is 0 Å². The Morgan fingerprint density at radius 1 is 0.333 bits per heavy atom. The van der Waals surface area contributed by atoms with Gasteiger partial charge in [-0.25, -0.2) is 0 Å². The van der Waals surface area contributed by atoms with Crippen LogP contribution < -0.4 is 0 Å². The summed E-state index contributed by atoms with van der Waals surface area (Å²) in [5, 5.41) is 0. The van der Waals surface area contributed by atoms with E-state index in [0.717, 1.165) is 96.3 Å². The number of hydrogen-bond donors (Lipinski definition) is 0. The van der Waals surface area contributed by atoms with Crippen LogP contribution in [0.4, 0.5) is 0 Å². The van der Waals surface area contributed by atoms with Gasteiger partial charge in [0.15, 0.2) is 6.10 Å². The van der Waals surface area contributed by atoms with E-state index in [1.54, 1.807) is 0 Å². The molecule has 0 aromatic carbocycles. The summed E-state index contributed by atoms with van der Waals surface area (Å²) < 4.78 is 16.6. The minimum Gasteiger partial charge on any atom is -0.462 e. The Morgan fingerprint density at radius 3 is 0.967 bits per heavy atom. The van der Waals surface area contributed by atoms with E-state index in [1.165, 1.54) is 122 Å². The number of hydrogen-bond acceptors (Lipinski definition) is 6. The largest absolute Gasteiger partial charge is 0.462 e. The number of allylic oxidation sites excluding steroid dienone is 8. The Balaban J connectivity index is 4.11. The van der Waals surface area contributed by atoms with Crippen LogP contribution in [0.5, 0.6) is 0 Å². The number of carbonyl (C=O) groups is 3. The van der Waals surface area contributed by atoms with Crippen molar-refractivity contribution in [2.45, 2.75) is 264 Å². The third kappa shape index (κ3) is 46.4. The van der Waals surface area contributed by atoms with E-state index in [2.05, 4.69) is 69.4 Å². The molecule has 0 aliphatic heterocycles. The summed E-state index contributed by atoms with van der Waals surface area (Å²) in [6, 6.07) is 0. The molecule has 0 heterocycles.